The molecule has 0 spiro atoms. The molecule has 0 radical (unpaired) electrons. The zero-order chi connectivity index (χ0) is 10.7. The van der Waals surface area contributed by atoms with Gasteiger partial charge in [0.15, 0.2) is 0 Å². The number of ether oxygens (including phenoxy) is 1. The summed E-state index contributed by atoms with van der Waals surface area (Å²) in [6.45, 7) is 2.72. The second kappa shape index (κ2) is 5.28. The highest BCUT2D eigenvalue weighted by atomic mass is 16.5. The molecule has 0 aromatic carbocycles. The van der Waals surface area contributed by atoms with E-state index in [0.717, 1.165) is 25.7 Å². The van der Waals surface area contributed by atoms with Gasteiger partial charge in [0.25, 0.3) is 0 Å². The molecular weight excluding hydrogens is 188 g/mol. The lowest BCUT2D eigenvalue weighted by Gasteiger charge is -2.37. The molecule has 0 amide bonds. The minimum atomic E-state index is 0.635. The summed E-state index contributed by atoms with van der Waals surface area (Å²) >= 11 is 0. The largest absolute Gasteiger partial charge is 0.380 e. The maximum absolute atomic E-state index is 5.83. The zero-order valence-corrected chi connectivity index (χ0v) is 9.82. The van der Waals surface area contributed by atoms with Crippen molar-refractivity contribution >= 4 is 0 Å². The molecular formula is C12H24N2O. The molecule has 1 heterocycles. The Labute approximate surface area is 93.0 Å². The van der Waals surface area contributed by atoms with E-state index in [9.17, 15) is 0 Å². The molecule has 3 nitrogen and oxygen atoms in total. The van der Waals surface area contributed by atoms with Crippen molar-refractivity contribution < 1.29 is 4.74 Å². The van der Waals surface area contributed by atoms with E-state index in [1.54, 1.807) is 0 Å². The van der Waals surface area contributed by atoms with Crippen LogP contribution < -0.4 is 5.73 Å². The van der Waals surface area contributed by atoms with Crippen LogP contribution in [0.2, 0.25) is 0 Å². The number of nitrogens with two attached hydrogens (primary N) is 1. The van der Waals surface area contributed by atoms with Crippen molar-refractivity contribution in [3.8, 4) is 0 Å². The lowest BCUT2D eigenvalue weighted by Crippen LogP contribution is -2.47. The van der Waals surface area contributed by atoms with Gasteiger partial charge in [0.05, 0.1) is 6.61 Å². The van der Waals surface area contributed by atoms with E-state index in [1.165, 1.54) is 32.1 Å². The van der Waals surface area contributed by atoms with E-state index in [-0.39, 0.29) is 0 Å². The summed E-state index contributed by atoms with van der Waals surface area (Å²) < 4.78 is 5.56. The number of hydrogen-bond donors (Lipinski definition) is 1. The molecule has 15 heavy (non-hydrogen) atoms. The summed E-state index contributed by atoms with van der Waals surface area (Å²) in [6.07, 6.45) is 6.51. The van der Waals surface area contributed by atoms with Crippen LogP contribution in [-0.2, 0) is 4.74 Å². The third-order valence-electron chi connectivity index (χ3n) is 4.16. The van der Waals surface area contributed by atoms with Crippen LogP contribution in [0.3, 0.4) is 0 Å². The van der Waals surface area contributed by atoms with Crippen molar-refractivity contribution in [3.05, 3.63) is 0 Å². The van der Waals surface area contributed by atoms with Gasteiger partial charge in [-0.2, -0.15) is 0 Å². The first-order valence-electron chi connectivity index (χ1n) is 6.32. The Hall–Kier alpha value is -0.120. The van der Waals surface area contributed by atoms with Crippen LogP contribution in [0.25, 0.3) is 0 Å². The molecule has 88 valence electrons. The molecule has 3 atom stereocenters. The summed E-state index contributed by atoms with van der Waals surface area (Å²) in [5, 5.41) is 0. The van der Waals surface area contributed by atoms with Gasteiger partial charge in [-0.25, -0.2) is 0 Å². The fourth-order valence-electron chi connectivity index (χ4n) is 3.14. The molecule has 3 unspecified atom stereocenters. The molecule has 3 heteroatoms. The molecule has 0 aromatic rings. The van der Waals surface area contributed by atoms with Crippen LogP contribution in [0.1, 0.15) is 32.1 Å². The Morgan fingerprint density at radius 2 is 2.13 bits per heavy atom. The lowest BCUT2D eigenvalue weighted by atomic mass is 9.99. The minimum absolute atomic E-state index is 0.635. The monoisotopic (exact) mass is 212 g/mol. The molecule has 2 N–H and O–H groups in total. The van der Waals surface area contributed by atoms with Gasteiger partial charge in [0, 0.05) is 18.7 Å². The van der Waals surface area contributed by atoms with Crippen molar-refractivity contribution in [2.24, 2.45) is 11.7 Å². The van der Waals surface area contributed by atoms with Crippen LogP contribution in [0.4, 0.5) is 0 Å². The quantitative estimate of drug-likeness (QED) is 0.764. The molecule has 1 saturated heterocycles. The van der Waals surface area contributed by atoms with E-state index in [2.05, 4.69) is 11.9 Å². The normalized spacial score (nSPS) is 37.4. The Balaban J connectivity index is 1.90. The Kier molecular flexibility index (Phi) is 4.00. The Morgan fingerprint density at radius 3 is 2.80 bits per heavy atom. The number of nitrogens with zero attached hydrogens (tertiary/aromatic N) is 1. The fraction of sp³-hybridized carbons (Fsp3) is 1.00. The lowest BCUT2D eigenvalue weighted by molar-refractivity contribution is 0.00615. The highest BCUT2D eigenvalue weighted by Crippen LogP contribution is 2.30. The third-order valence-corrected chi connectivity index (χ3v) is 4.16. The molecule has 1 saturated carbocycles. The maximum Gasteiger partial charge on any atom is 0.0621 e. The van der Waals surface area contributed by atoms with Crippen molar-refractivity contribution in [1.29, 1.82) is 0 Å². The van der Waals surface area contributed by atoms with Crippen LogP contribution in [0.15, 0.2) is 0 Å². The fourth-order valence-corrected chi connectivity index (χ4v) is 3.14. The standard InChI is InChI=1S/C12H24N2O/c1-14(11-5-3-7-15-9-11)12-6-2-4-10(12)8-13/h10-12H,2-9,13H2,1H3. The summed E-state index contributed by atoms with van der Waals surface area (Å²) in [5.41, 5.74) is 5.83. The maximum atomic E-state index is 5.83. The predicted octanol–water partition coefficient (Wildman–Crippen LogP) is 1.22. The van der Waals surface area contributed by atoms with E-state index in [1.807, 2.05) is 0 Å². The molecule has 0 aromatic heterocycles. The summed E-state index contributed by atoms with van der Waals surface area (Å²) in [5.74, 6) is 0.719. The average molecular weight is 212 g/mol. The van der Waals surface area contributed by atoms with E-state index in [4.69, 9.17) is 10.5 Å². The van der Waals surface area contributed by atoms with Crippen molar-refractivity contribution in [3.63, 3.8) is 0 Å². The van der Waals surface area contributed by atoms with Gasteiger partial charge in [-0.1, -0.05) is 6.42 Å². The molecule has 1 aliphatic heterocycles. The van der Waals surface area contributed by atoms with Gasteiger partial charge in [-0.3, -0.25) is 4.90 Å². The minimum Gasteiger partial charge on any atom is -0.380 e. The van der Waals surface area contributed by atoms with Gasteiger partial charge < -0.3 is 10.5 Å². The molecule has 1 aliphatic carbocycles. The first kappa shape index (κ1) is 11.4. The number of likely N-dealkylation sites (N-methyl/N-ethyl adjacent to an activating group) is 1. The number of rotatable bonds is 3. The van der Waals surface area contributed by atoms with Gasteiger partial charge in [-0.15, -0.1) is 0 Å². The van der Waals surface area contributed by atoms with Gasteiger partial charge in [0.2, 0.25) is 0 Å². The Morgan fingerprint density at radius 1 is 1.27 bits per heavy atom. The van der Waals surface area contributed by atoms with Gasteiger partial charge in [0.1, 0.15) is 0 Å². The van der Waals surface area contributed by atoms with Crippen LogP contribution >= 0.6 is 0 Å². The molecule has 2 rings (SSSR count). The first-order valence-corrected chi connectivity index (χ1v) is 6.32. The second-order valence-corrected chi connectivity index (χ2v) is 5.03. The van der Waals surface area contributed by atoms with Crippen molar-refractivity contribution in [2.45, 2.75) is 44.2 Å². The van der Waals surface area contributed by atoms with Crippen LogP contribution in [0.5, 0.6) is 0 Å². The first-order chi connectivity index (χ1) is 7.33. The van der Waals surface area contributed by atoms with Crippen molar-refractivity contribution in [2.75, 3.05) is 26.8 Å². The number of hydrogen-bond acceptors (Lipinski definition) is 3. The predicted molar refractivity (Wildman–Crippen MR) is 61.8 cm³/mol. The van der Waals surface area contributed by atoms with Crippen LogP contribution in [0, 0.1) is 5.92 Å². The topological polar surface area (TPSA) is 38.5 Å². The Bertz CT molecular complexity index is 192. The summed E-state index contributed by atoms with van der Waals surface area (Å²) in [4.78, 5) is 2.55. The van der Waals surface area contributed by atoms with E-state index < -0.39 is 0 Å². The van der Waals surface area contributed by atoms with Crippen molar-refractivity contribution in [1.82, 2.24) is 4.90 Å². The van der Waals surface area contributed by atoms with Gasteiger partial charge >= 0.3 is 0 Å². The molecule has 2 aliphatic rings. The average Bonchev–Trinajstić information content (AvgIpc) is 2.77. The van der Waals surface area contributed by atoms with E-state index in [0.29, 0.717) is 12.1 Å². The highest BCUT2D eigenvalue weighted by Gasteiger charge is 2.33. The SMILES string of the molecule is CN(C1CCCOC1)C1CCCC1CN. The highest BCUT2D eigenvalue weighted by molar-refractivity contribution is 4.88. The molecule has 2 fully saturated rings. The van der Waals surface area contributed by atoms with Crippen LogP contribution in [-0.4, -0.2) is 43.8 Å². The summed E-state index contributed by atoms with van der Waals surface area (Å²) in [7, 11) is 2.26. The summed E-state index contributed by atoms with van der Waals surface area (Å²) in [6, 6.07) is 1.34. The van der Waals surface area contributed by atoms with Gasteiger partial charge in [-0.05, 0) is 45.2 Å². The zero-order valence-electron chi connectivity index (χ0n) is 9.82. The smallest absolute Gasteiger partial charge is 0.0621 e. The third kappa shape index (κ3) is 2.52. The molecule has 0 bridgehead atoms. The van der Waals surface area contributed by atoms with E-state index >= 15 is 0 Å². The second-order valence-electron chi connectivity index (χ2n) is 5.03.